The molecule has 21 nitrogen and oxygen atoms in total. The first-order valence-corrected chi connectivity index (χ1v) is 42.2. The van der Waals surface area contributed by atoms with E-state index in [0.717, 1.165) is 53.0 Å². The minimum absolute atomic E-state index is 0.0361. The van der Waals surface area contributed by atoms with Crippen molar-refractivity contribution in [3.63, 3.8) is 0 Å². The molecule has 6 heterocycles. The molecule has 1 aliphatic carbocycles. The number of halogens is 17. The van der Waals surface area contributed by atoms with E-state index in [9.17, 15) is 104 Å². The number of alkyl halides is 15. The Labute approximate surface area is 770 Å². The van der Waals surface area contributed by atoms with Crippen molar-refractivity contribution in [3.8, 4) is 0 Å². The summed E-state index contributed by atoms with van der Waals surface area (Å²) in [6, 6.07) is 66.0. The highest BCUT2D eigenvalue weighted by molar-refractivity contribution is 9.10. The molecule has 0 spiro atoms. The quantitative estimate of drug-likeness (QED) is 0.0744. The molecule has 38 heteroatoms. The van der Waals surface area contributed by atoms with E-state index in [0.29, 0.717) is 40.1 Å². The van der Waals surface area contributed by atoms with Gasteiger partial charge in [-0.15, -0.1) is 0 Å². The maximum absolute atomic E-state index is 14.1. The van der Waals surface area contributed by atoms with Crippen LogP contribution in [0.5, 0.6) is 0 Å². The third-order valence-corrected chi connectivity index (χ3v) is 24.9. The van der Waals surface area contributed by atoms with Crippen LogP contribution in [0.25, 0.3) is 0 Å². The van der Waals surface area contributed by atoms with Crippen molar-refractivity contribution < 1.29 is 137 Å². The molecule has 17 rings (SSSR count). The van der Waals surface area contributed by atoms with Crippen LogP contribution in [0.1, 0.15) is 130 Å². The number of hydrogen-bond donors (Lipinski definition) is 0. The highest BCUT2D eigenvalue weighted by Crippen LogP contribution is 2.57. The first-order chi connectivity index (χ1) is 63.2. The summed E-state index contributed by atoms with van der Waals surface area (Å²) < 4.78 is 243. The second-order valence-electron chi connectivity index (χ2n) is 31.3. The Bertz CT molecular complexity index is 6040. The fourth-order valence-corrected chi connectivity index (χ4v) is 18.1. The summed E-state index contributed by atoms with van der Waals surface area (Å²) >= 11 is 9.16. The average molecular weight is 1960 g/mol. The van der Waals surface area contributed by atoms with Gasteiger partial charge in [0, 0.05) is 82.3 Å². The number of ketones is 1. The van der Waals surface area contributed by atoms with Crippen LogP contribution in [0, 0.1) is 5.92 Å². The molecule has 0 bridgehead atoms. The van der Waals surface area contributed by atoms with Crippen molar-refractivity contribution in [3.05, 3.63) is 320 Å². The summed E-state index contributed by atoms with van der Waals surface area (Å²) in [4.78, 5) is 104. The second-order valence-corrected chi connectivity index (χ2v) is 32.6. The Morgan fingerprint density at radius 3 is 1.28 bits per heavy atom. The van der Waals surface area contributed by atoms with Gasteiger partial charge in [0.05, 0.1) is 80.6 Å². The van der Waals surface area contributed by atoms with E-state index in [1.54, 1.807) is 152 Å². The van der Waals surface area contributed by atoms with Crippen LogP contribution in [0.15, 0.2) is 259 Å². The van der Waals surface area contributed by atoms with Gasteiger partial charge in [-0.1, -0.05) is 223 Å². The number of carbonyl (C=O) groups is 8. The molecule has 0 saturated heterocycles. The van der Waals surface area contributed by atoms with Gasteiger partial charge in [0.2, 0.25) is 0 Å². The lowest BCUT2D eigenvalue weighted by Gasteiger charge is -2.51. The van der Waals surface area contributed by atoms with E-state index in [-0.39, 0.29) is 83.5 Å². The predicted octanol–water partition coefficient (Wildman–Crippen LogP) is 21.7. The summed E-state index contributed by atoms with van der Waals surface area (Å²) in [6.07, 6.45) is -22.0. The topological polar surface area (TPSA) is 221 Å². The van der Waals surface area contributed by atoms with Crippen molar-refractivity contribution >= 4 is 109 Å². The van der Waals surface area contributed by atoms with Crippen molar-refractivity contribution in [2.75, 3.05) is 85.4 Å². The van der Waals surface area contributed by atoms with Crippen molar-refractivity contribution in [1.82, 2.24) is 0 Å². The number of anilines is 6. The molecule has 0 aromatic heterocycles. The standard InChI is InChI=1S/C18H17NO4.C17H13ClF3NO.C17H14F3NO2.C16H11BrF3NO2.C16H18F3NO2.C12H10F3NO4/c1-3-22-17(21)18(13-9-5-4-6-10-13)19(2)15-12-8-7-11-14(15)16(20)23-18;1-22-13-9-5-8-12(18)15(13)14(23)10-16(22,17(19,20)21)11-6-3-2-4-7-11;1-21-14-10-6-5-9-13(14)15(22)23-16(21,17(18,19)20)11-12-7-3-2-4-8-12;1-21-13-9-5-2-6-10(13)14(22)23-15(21,16(18,19)20)11-7-3-4-8-12(11)17;1-20-13-10-6-5-9-12(13)14(21)22-15(20,16(17,18)19)11-7-3-2-4-8-11;1-16-8-6-4-3-5-7(8)9(17)20-11(16,10(18)19-2)12(13,14)15/h4-12H,3H2,1-2H3;2-9H,10H2,1H3;2-10H,11H2,1H3;2-9H,1H3;5-6,9-11H,2-4,7-8H2,1H3;3-6H,1-2H3/t18-;2*16-;2*15-;11-/m010000/s1. The molecule has 7 aliphatic rings. The molecule has 0 N–H and O–H groups in total. The lowest BCUT2D eigenvalue weighted by atomic mass is 9.77. The van der Waals surface area contributed by atoms with Gasteiger partial charge in [0.15, 0.2) is 11.3 Å². The highest BCUT2D eigenvalue weighted by Gasteiger charge is 2.72. The van der Waals surface area contributed by atoms with Gasteiger partial charge in [-0.25, -0.2) is 33.6 Å². The maximum Gasteiger partial charge on any atom is 0.461 e. The first kappa shape index (κ1) is 99.7. The molecule has 0 unspecified atom stereocenters. The molecule has 10 aromatic rings. The number of carbonyl (C=O) groups excluding carboxylic acids is 8. The number of likely N-dealkylation sites (N-methyl/N-ethyl adjacent to an activating group) is 3. The minimum Gasteiger partial charge on any atom is -0.464 e. The zero-order valence-corrected chi connectivity index (χ0v) is 74.6. The van der Waals surface area contributed by atoms with Crippen molar-refractivity contribution in [2.24, 2.45) is 5.92 Å². The van der Waals surface area contributed by atoms with Crippen LogP contribution < -0.4 is 29.4 Å². The number of esters is 7. The fourth-order valence-electron chi connectivity index (χ4n) is 17.3. The zero-order chi connectivity index (χ0) is 97.9. The number of Topliss-reactive ketones (excluding diaryl/α,β-unsaturated/α-hetero) is 1. The van der Waals surface area contributed by atoms with E-state index in [4.69, 9.17) is 35.3 Å². The van der Waals surface area contributed by atoms with E-state index < -0.39 is 131 Å². The van der Waals surface area contributed by atoms with Gasteiger partial charge in [-0.3, -0.25) is 4.79 Å². The lowest BCUT2D eigenvalue weighted by molar-refractivity contribution is -0.281. The van der Waals surface area contributed by atoms with Crippen LogP contribution in [-0.2, 0) is 66.2 Å². The number of para-hydroxylation sites is 5. The zero-order valence-electron chi connectivity index (χ0n) is 72.2. The monoisotopic (exact) mass is 1960 g/mol. The molecular formula is C96H83BrClF15N6O15. The number of nitrogens with zero attached hydrogens (tertiary/aromatic N) is 6. The summed E-state index contributed by atoms with van der Waals surface area (Å²) in [5, 5.41) is 0.170. The number of ether oxygens (including phenoxy) is 7. The molecule has 134 heavy (non-hydrogen) atoms. The number of rotatable bonds is 9. The highest BCUT2D eigenvalue weighted by atomic mass is 79.9. The third-order valence-electron chi connectivity index (χ3n) is 23.9. The smallest absolute Gasteiger partial charge is 0.461 e. The maximum atomic E-state index is 14.1. The fraction of sp³-hybridized carbons (Fsp3) is 0.292. The van der Waals surface area contributed by atoms with Crippen LogP contribution in [0.4, 0.5) is 100.0 Å². The first-order valence-electron chi connectivity index (χ1n) is 41.0. The van der Waals surface area contributed by atoms with Crippen molar-refractivity contribution in [1.29, 1.82) is 0 Å². The van der Waals surface area contributed by atoms with Gasteiger partial charge in [-0.05, 0) is 110 Å². The molecule has 706 valence electrons. The number of benzene rings is 10. The lowest BCUT2D eigenvalue weighted by Crippen LogP contribution is -2.68. The Morgan fingerprint density at radius 1 is 0.403 bits per heavy atom. The summed E-state index contributed by atoms with van der Waals surface area (Å²) in [5.74, 6) is -8.31. The van der Waals surface area contributed by atoms with E-state index in [2.05, 4.69) is 25.4 Å². The van der Waals surface area contributed by atoms with Gasteiger partial charge in [-0.2, -0.15) is 65.9 Å². The van der Waals surface area contributed by atoms with E-state index in [1.807, 2.05) is 12.1 Å². The van der Waals surface area contributed by atoms with Crippen LogP contribution in [0.3, 0.4) is 0 Å². The van der Waals surface area contributed by atoms with Gasteiger partial charge in [0.1, 0.15) is 0 Å². The molecule has 1 fully saturated rings. The van der Waals surface area contributed by atoms with Crippen LogP contribution in [0.2, 0.25) is 5.02 Å². The van der Waals surface area contributed by atoms with E-state index in [1.165, 1.54) is 137 Å². The predicted molar refractivity (Wildman–Crippen MR) is 466 cm³/mol. The Hall–Kier alpha value is -13.3. The van der Waals surface area contributed by atoms with Gasteiger partial charge < -0.3 is 62.6 Å². The number of methoxy groups -OCH3 is 1. The Kier molecular flexibility index (Phi) is 28.8. The Morgan fingerprint density at radius 2 is 0.813 bits per heavy atom. The summed E-state index contributed by atoms with van der Waals surface area (Å²) in [5.41, 5.74) is -12.5. The molecule has 6 atom stereocenters. The number of fused-ring (bicyclic) bond motifs is 6. The molecule has 0 amide bonds. The number of hydrogen-bond acceptors (Lipinski definition) is 21. The van der Waals surface area contributed by atoms with Crippen LogP contribution in [-0.4, -0.2) is 152 Å². The van der Waals surface area contributed by atoms with Gasteiger partial charge in [0.25, 0.3) is 11.4 Å². The average Bonchev–Trinajstić information content (AvgIpc) is 0.735. The van der Waals surface area contributed by atoms with E-state index >= 15 is 0 Å². The van der Waals surface area contributed by atoms with Gasteiger partial charge >= 0.3 is 89.8 Å². The molecule has 10 aromatic carbocycles. The largest absolute Gasteiger partial charge is 0.464 e. The van der Waals surface area contributed by atoms with Crippen LogP contribution >= 0.6 is 27.5 Å². The molecule has 1 saturated carbocycles. The van der Waals surface area contributed by atoms with Crippen molar-refractivity contribution in [2.45, 2.75) is 117 Å². The molecular weight excluding hydrogens is 1880 g/mol. The SMILES string of the molecule is CCOC(=O)[C@]1(c2ccccc2)OC(=O)c2ccccc2N1C.CN1c2cccc(Cl)c2C(=O)C[C@@]1(c1ccccc1)C(F)(F)F.CN1c2ccccc2C(=O)O[C@@]1(C1CCCCC1)C(F)(F)F.CN1c2ccccc2C(=O)O[C@@]1(Cc1ccccc1)C(F)(F)F.CN1c2ccccc2C(=O)O[C@@]1(c1ccccc1Br)C(F)(F)F.COC(=O)[C@@]1(C(F)(F)F)OC(=O)c2ccccc2N1C. The summed E-state index contributed by atoms with van der Waals surface area (Å²) in [7, 11) is 8.79. The molecule has 6 aliphatic heterocycles. The normalized spacial score (nSPS) is 21.9. The Balaban J connectivity index is 0.000000145. The number of cyclic esters (lactones) is 5. The second kappa shape index (κ2) is 38.7. The third kappa shape index (κ3) is 17.8. The molecule has 0 radical (unpaired) electrons. The minimum atomic E-state index is -5.15. The summed E-state index contributed by atoms with van der Waals surface area (Å²) in [6.45, 7) is 1.91.